The van der Waals surface area contributed by atoms with Crippen LogP contribution in [0.1, 0.15) is 45.2 Å². The van der Waals surface area contributed by atoms with Crippen LogP contribution in [0, 0.1) is 0 Å². The molecule has 0 fully saturated rings. The van der Waals surface area contributed by atoms with E-state index in [1.165, 1.54) is 0 Å². The van der Waals surface area contributed by atoms with Crippen LogP contribution >= 0.6 is 0 Å². The van der Waals surface area contributed by atoms with Crippen LogP contribution in [0.5, 0.6) is 11.5 Å². The second-order valence-electron chi connectivity index (χ2n) is 8.56. The third-order valence-corrected chi connectivity index (χ3v) is 5.22. The van der Waals surface area contributed by atoms with Crippen LogP contribution in [0.25, 0.3) is 0 Å². The number of esters is 2. The van der Waals surface area contributed by atoms with Gasteiger partial charge in [-0.05, 0) is 49.2 Å². The summed E-state index contributed by atoms with van der Waals surface area (Å²) in [5, 5.41) is 0. The van der Waals surface area contributed by atoms with Gasteiger partial charge in [-0.2, -0.15) is 0 Å². The fourth-order valence-corrected chi connectivity index (χ4v) is 3.06. The number of carbonyl (C=O) groups excluding carboxylic acids is 2. The molecule has 0 atom stereocenters. The third kappa shape index (κ3) is 8.10. The predicted octanol–water partition coefficient (Wildman–Crippen LogP) is 5.40. The van der Waals surface area contributed by atoms with Gasteiger partial charge in [-0.3, -0.25) is 0 Å². The molecule has 0 saturated heterocycles. The van der Waals surface area contributed by atoms with E-state index in [2.05, 4.69) is 39.1 Å². The molecule has 0 unspecified atom stereocenters. The first-order valence-electron chi connectivity index (χ1n) is 11.2. The van der Waals surface area contributed by atoms with Crippen molar-refractivity contribution in [2.75, 3.05) is 26.4 Å². The lowest BCUT2D eigenvalue weighted by Gasteiger charge is -2.26. The van der Waals surface area contributed by atoms with Gasteiger partial charge in [0, 0.05) is 23.0 Å². The lowest BCUT2D eigenvalue weighted by Crippen LogP contribution is -2.18. The second kappa shape index (κ2) is 12.6. The highest BCUT2D eigenvalue weighted by Crippen LogP contribution is 2.33. The summed E-state index contributed by atoms with van der Waals surface area (Å²) < 4.78 is 21.5. The first kappa shape index (κ1) is 26.7. The minimum absolute atomic E-state index is 0.174. The summed E-state index contributed by atoms with van der Waals surface area (Å²) in [5.41, 5.74) is 2.83. The highest BCUT2D eigenvalue weighted by atomic mass is 16.6. The fourth-order valence-electron chi connectivity index (χ4n) is 3.06. The van der Waals surface area contributed by atoms with Gasteiger partial charge in [0.1, 0.15) is 24.7 Å². The predicted molar refractivity (Wildman–Crippen MR) is 132 cm³/mol. The summed E-state index contributed by atoms with van der Waals surface area (Å²) in [7, 11) is 0. The number of hydrogen-bond acceptors (Lipinski definition) is 6. The first-order chi connectivity index (χ1) is 16.1. The molecule has 2 aromatic rings. The molecule has 0 amide bonds. The van der Waals surface area contributed by atoms with E-state index >= 15 is 0 Å². The average molecular weight is 467 g/mol. The molecule has 0 aromatic heterocycles. The van der Waals surface area contributed by atoms with Crippen molar-refractivity contribution in [2.24, 2.45) is 0 Å². The molecule has 182 valence electrons. The zero-order chi connectivity index (χ0) is 25.1. The van der Waals surface area contributed by atoms with Crippen LogP contribution in [0.3, 0.4) is 0 Å². The molecule has 0 aliphatic heterocycles. The fraction of sp³-hybridized carbons (Fsp3) is 0.357. The Bertz CT molecular complexity index is 987. The van der Waals surface area contributed by atoms with E-state index in [4.69, 9.17) is 18.9 Å². The van der Waals surface area contributed by atoms with E-state index in [1.54, 1.807) is 13.8 Å². The molecule has 0 aliphatic carbocycles. The highest BCUT2D eigenvalue weighted by Gasteiger charge is 2.23. The van der Waals surface area contributed by atoms with Gasteiger partial charge in [0.2, 0.25) is 0 Å². The van der Waals surface area contributed by atoms with E-state index in [-0.39, 0.29) is 24.6 Å². The van der Waals surface area contributed by atoms with Gasteiger partial charge < -0.3 is 18.9 Å². The molecule has 6 heteroatoms. The number of ether oxygens (including phenoxy) is 4. The lowest BCUT2D eigenvalue weighted by molar-refractivity contribution is -0.140. The summed E-state index contributed by atoms with van der Waals surface area (Å²) in [5.74, 6) is 0.682. The molecule has 2 rings (SSSR count). The maximum Gasteiger partial charge on any atom is 0.333 e. The number of hydrogen-bond donors (Lipinski definition) is 0. The van der Waals surface area contributed by atoms with E-state index in [1.807, 2.05) is 36.4 Å². The molecular weight excluding hydrogens is 432 g/mol. The minimum Gasteiger partial charge on any atom is -0.493 e. The summed E-state index contributed by atoms with van der Waals surface area (Å²) in [4.78, 5) is 22.7. The summed E-state index contributed by atoms with van der Waals surface area (Å²) >= 11 is 0. The molecule has 0 saturated carbocycles. The standard InChI is InChI=1S/C28H34O6/c1-20(2)26(29)33-17-7-16-31-24-12-8-22(9-13-24)28(5,6)23-10-14-25(15-11-23)32-18-19-34-27(30)21(3)4/h8-15H,1,3,7,16-19H2,2,4-6H3. The van der Waals surface area contributed by atoms with Crippen molar-refractivity contribution in [1.29, 1.82) is 0 Å². The second-order valence-corrected chi connectivity index (χ2v) is 8.56. The van der Waals surface area contributed by atoms with Gasteiger partial charge in [-0.15, -0.1) is 0 Å². The smallest absolute Gasteiger partial charge is 0.333 e. The number of carbonyl (C=O) groups is 2. The van der Waals surface area contributed by atoms with Crippen LogP contribution in [0.15, 0.2) is 72.8 Å². The van der Waals surface area contributed by atoms with Crippen molar-refractivity contribution in [3.8, 4) is 11.5 Å². The summed E-state index contributed by atoms with van der Waals surface area (Å²) in [6, 6.07) is 15.9. The van der Waals surface area contributed by atoms with Crippen molar-refractivity contribution in [3.05, 3.63) is 84.0 Å². The van der Waals surface area contributed by atoms with Gasteiger partial charge in [-0.1, -0.05) is 51.3 Å². The summed E-state index contributed by atoms with van der Waals surface area (Å²) in [6.07, 6.45) is 0.608. The highest BCUT2D eigenvalue weighted by molar-refractivity contribution is 5.87. The number of rotatable bonds is 13. The monoisotopic (exact) mass is 466 g/mol. The van der Waals surface area contributed by atoms with E-state index in [9.17, 15) is 9.59 Å². The molecular formula is C28H34O6. The zero-order valence-electron chi connectivity index (χ0n) is 20.5. The Kier molecular flexibility index (Phi) is 9.92. The van der Waals surface area contributed by atoms with Gasteiger partial charge in [0.15, 0.2) is 0 Å². The Morgan fingerprint density at radius 3 is 1.53 bits per heavy atom. The van der Waals surface area contributed by atoms with E-state index < -0.39 is 5.97 Å². The van der Waals surface area contributed by atoms with Crippen molar-refractivity contribution in [3.63, 3.8) is 0 Å². The Morgan fingerprint density at radius 1 is 0.676 bits per heavy atom. The lowest BCUT2D eigenvalue weighted by atomic mass is 9.78. The molecule has 0 bridgehead atoms. The Balaban J connectivity index is 1.84. The van der Waals surface area contributed by atoms with Crippen LogP contribution in [-0.4, -0.2) is 38.4 Å². The van der Waals surface area contributed by atoms with E-state index in [0.29, 0.717) is 36.5 Å². The van der Waals surface area contributed by atoms with Gasteiger partial charge in [0.05, 0.1) is 13.2 Å². The van der Waals surface area contributed by atoms with Gasteiger partial charge in [-0.25, -0.2) is 9.59 Å². The Morgan fingerprint density at radius 2 is 1.09 bits per heavy atom. The van der Waals surface area contributed by atoms with Gasteiger partial charge in [0.25, 0.3) is 0 Å². The largest absolute Gasteiger partial charge is 0.493 e. The topological polar surface area (TPSA) is 71.1 Å². The maximum atomic E-state index is 11.4. The SMILES string of the molecule is C=C(C)C(=O)OCCCOc1ccc(C(C)(C)c2ccc(OCCOC(=O)C(=C)C)cc2)cc1. The van der Waals surface area contributed by atoms with E-state index in [0.717, 1.165) is 16.9 Å². The van der Waals surface area contributed by atoms with Crippen LogP contribution in [0.4, 0.5) is 0 Å². The average Bonchev–Trinajstić information content (AvgIpc) is 2.81. The van der Waals surface area contributed by atoms with Crippen LogP contribution in [0.2, 0.25) is 0 Å². The van der Waals surface area contributed by atoms with Crippen molar-refractivity contribution >= 4 is 11.9 Å². The van der Waals surface area contributed by atoms with Crippen LogP contribution in [-0.2, 0) is 24.5 Å². The molecule has 6 nitrogen and oxygen atoms in total. The quantitative estimate of drug-likeness (QED) is 0.224. The molecule has 0 radical (unpaired) electrons. The normalized spacial score (nSPS) is 10.8. The maximum absolute atomic E-state index is 11.4. The first-order valence-corrected chi connectivity index (χ1v) is 11.2. The van der Waals surface area contributed by atoms with Crippen LogP contribution < -0.4 is 9.47 Å². The minimum atomic E-state index is -0.416. The Labute approximate surface area is 202 Å². The molecule has 0 N–H and O–H groups in total. The molecule has 0 spiro atoms. The van der Waals surface area contributed by atoms with Crippen molar-refractivity contribution in [2.45, 2.75) is 39.5 Å². The van der Waals surface area contributed by atoms with Gasteiger partial charge >= 0.3 is 11.9 Å². The van der Waals surface area contributed by atoms with Crippen molar-refractivity contribution in [1.82, 2.24) is 0 Å². The summed E-state index contributed by atoms with van der Waals surface area (Å²) in [6.45, 7) is 15.9. The molecule has 34 heavy (non-hydrogen) atoms. The molecule has 2 aromatic carbocycles. The molecule has 0 aliphatic rings. The van der Waals surface area contributed by atoms with Crippen molar-refractivity contribution < 1.29 is 28.5 Å². The third-order valence-electron chi connectivity index (χ3n) is 5.22. The molecule has 0 heterocycles. The Hall–Kier alpha value is -3.54. The zero-order valence-corrected chi connectivity index (χ0v) is 20.5. The number of benzene rings is 2.